The molecule has 1 nitrogen and oxygen atoms in total. The summed E-state index contributed by atoms with van der Waals surface area (Å²) in [4.78, 5) is 2.68. The molecule has 1 aromatic heterocycles. The molecule has 1 radical (unpaired) electrons. The summed E-state index contributed by atoms with van der Waals surface area (Å²) in [6, 6.07) is 2.20. The molecular formula is C8H3F7N. The predicted molar refractivity (Wildman–Crippen MR) is 38.0 cm³/mol. The largest absolute Gasteiger partial charge is 0.460 e. The van der Waals surface area contributed by atoms with Crippen LogP contribution in [-0.4, -0.2) is 17.1 Å². The molecule has 0 N–H and O–H groups in total. The van der Waals surface area contributed by atoms with Gasteiger partial charge in [0.15, 0.2) is 0 Å². The van der Waals surface area contributed by atoms with Gasteiger partial charge in [-0.1, -0.05) is 6.07 Å². The molecule has 1 heterocycles. The Labute approximate surface area is 84.9 Å². The van der Waals surface area contributed by atoms with Gasteiger partial charge in [-0.2, -0.15) is 30.7 Å². The van der Waals surface area contributed by atoms with Crippen molar-refractivity contribution in [1.29, 1.82) is 0 Å². The van der Waals surface area contributed by atoms with Gasteiger partial charge in [0.2, 0.25) is 0 Å². The molecule has 0 aliphatic carbocycles. The van der Waals surface area contributed by atoms with Crippen molar-refractivity contribution in [3.8, 4) is 0 Å². The summed E-state index contributed by atoms with van der Waals surface area (Å²) in [7, 11) is 0. The first-order chi connectivity index (χ1) is 7.11. The maximum Gasteiger partial charge on any atom is 0.460 e. The van der Waals surface area contributed by atoms with E-state index in [-0.39, 0.29) is 0 Å². The minimum atomic E-state index is -6.35. The zero-order valence-corrected chi connectivity index (χ0v) is 7.33. The number of alkyl halides is 7. The smallest absolute Gasteiger partial charge is 0.245 e. The Balaban J connectivity index is 3.22. The highest BCUT2D eigenvalue weighted by atomic mass is 19.4. The van der Waals surface area contributed by atoms with Crippen molar-refractivity contribution >= 4 is 0 Å². The summed E-state index contributed by atoms with van der Waals surface area (Å²) in [5, 5.41) is 0. The highest BCUT2D eigenvalue weighted by molar-refractivity contribution is 5.14. The zero-order chi connectivity index (χ0) is 12.6. The number of halogens is 7. The van der Waals surface area contributed by atoms with E-state index in [1.807, 2.05) is 0 Å². The Morgan fingerprint density at radius 2 is 1.56 bits per heavy atom. The van der Waals surface area contributed by atoms with Gasteiger partial charge in [-0.25, -0.2) is 4.98 Å². The van der Waals surface area contributed by atoms with E-state index in [2.05, 4.69) is 4.98 Å². The van der Waals surface area contributed by atoms with E-state index in [9.17, 15) is 30.7 Å². The molecule has 89 valence electrons. The topological polar surface area (TPSA) is 12.9 Å². The summed E-state index contributed by atoms with van der Waals surface area (Å²) in [6.07, 6.45) is -4.59. The van der Waals surface area contributed by atoms with Crippen molar-refractivity contribution in [2.45, 2.75) is 18.0 Å². The summed E-state index contributed by atoms with van der Waals surface area (Å²) >= 11 is 0. The number of hydrogen-bond acceptors (Lipinski definition) is 1. The van der Waals surface area contributed by atoms with Crippen LogP contribution in [-0.2, 0) is 5.92 Å². The molecule has 0 saturated carbocycles. The van der Waals surface area contributed by atoms with Crippen LogP contribution in [0.3, 0.4) is 0 Å². The van der Waals surface area contributed by atoms with Gasteiger partial charge < -0.3 is 0 Å². The highest BCUT2D eigenvalue weighted by Gasteiger charge is 2.74. The van der Waals surface area contributed by atoms with Crippen molar-refractivity contribution < 1.29 is 30.7 Å². The second-order valence-corrected chi connectivity index (χ2v) is 2.80. The van der Waals surface area contributed by atoms with Crippen LogP contribution in [0.1, 0.15) is 5.69 Å². The van der Waals surface area contributed by atoms with Crippen LogP contribution in [0.2, 0.25) is 0 Å². The normalized spacial score (nSPS) is 13.9. The van der Waals surface area contributed by atoms with Gasteiger partial charge in [-0.3, -0.25) is 0 Å². The lowest BCUT2D eigenvalue weighted by molar-refractivity contribution is -0.360. The van der Waals surface area contributed by atoms with E-state index in [1.165, 1.54) is 0 Å². The van der Waals surface area contributed by atoms with E-state index in [4.69, 9.17) is 0 Å². The summed E-state index contributed by atoms with van der Waals surface area (Å²) < 4.78 is 85.9. The lowest BCUT2D eigenvalue weighted by Gasteiger charge is -2.27. The number of aromatic nitrogens is 1. The summed E-state index contributed by atoms with van der Waals surface area (Å²) in [5.41, 5.74) is -1.68. The molecule has 0 aromatic carbocycles. The Bertz CT molecular complexity index is 356. The predicted octanol–water partition coefficient (Wildman–Crippen LogP) is 3.17. The van der Waals surface area contributed by atoms with E-state index >= 15 is 0 Å². The van der Waals surface area contributed by atoms with E-state index < -0.39 is 23.7 Å². The fourth-order valence-corrected chi connectivity index (χ4v) is 0.840. The Hall–Kier alpha value is -1.34. The number of pyridine rings is 1. The van der Waals surface area contributed by atoms with Crippen molar-refractivity contribution in [3.05, 3.63) is 30.1 Å². The van der Waals surface area contributed by atoms with Gasteiger partial charge in [-0.05, 0) is 12.1 Å². The molecular weight excluding hydrogens is 243 g/mol. The molecule has 1 rings (SSSR count). The first-order valence-electron chi connectivity index (χ1n) is 3.76. The van der Waals surface area contributed by atoms with Gasteiger partial charge in [0.1, 0.15) is 5.69 Å². The third kappa shape index (κ3) is 1.83. The third-order valence-electron chi connectivity index (χ3n) is 1.68. The zero-order valence-electron chi connectivity index (χ0n) is 7.33. The molecule has 0 fully saturated rings. The van der Waals surface area contributed by atoms with Crippen molar-refractivity contribution in [2.24, 2.45) is 0 Å². The van der Waals surface area contributed by atoms with Crippen LogP contribution in [0, 0.1) is 6.20 Å². The monoisotopic (exact) mass is 246 g/mol. The standard InChI is InChI=1S/C8H3F7N/c9-6(10,5-3-1-2-4-16-5)7(11,12)8(13,14)15/h1-3H. The van der Waals surface area contributed by atoms with Gasteiger partial charge >= 0.3 is 18.0 Å². The first-order valence-corrected chi connectivity index (χ1v) is 3.76. The average molecular weight is 246 g/mol. The molecule has 0 spiro atoms. The van der Waals surface area contributed by atoms with E-state index in [0.29, 0.717) is 6.07 Å². The molecule has 1 aromatic rings. The number of rotatable bonds is 2. The molecule has 0 amide bonds. The lowest BCUT2D eigenvalue weighted by atomic mass is 10.1. The molecule has 0 aliphatic rings. The first kappa shape index (κ1) is 12.7. The second kappa shape index (κ2) is 3.60. The SMILES string of the molecule is FC(F)(F)C(F)(F)C(F)(F)c1ccc[c]n1. The number of nitrogens with zero attached hydrogens (tertiary/aromatic N) is 1. The highest BCUT2D eigenvalue weighted by Crippen LogP contribution is 2.50. The Morgan fingerprint density at radius 3 is 1.94 bits per heavy atom. The lowest BCUT2D eigenvalue weighted by Crippen LogP contribution is -2.50. The van der Waals surface area contributed by atoms with Gasteiger partial charge in [0.05, 0.1) is 6.20 Å². The van der Waals surface area contributed by atoms with E-state index in [1.54, 1.807) is 6.20 Å². The minimum Gasteiger partial charge on any atom is -0.245 e. The molecule has 0 bridgehead atoms. The third-order valence-corrected chi connectivity index (χ3v) is 1.68. The van der Waals surface area contributed by atoms with Gasteiger partial charge in [0, 0.05) is 0 Å². The maximum absolute atomic E-state index is 12.9. The quantitative estimate of drug-likeness (QED) is 0.730. The molecule has 16 heavy (non-hydrogen) atoms. The Kier molecular flexibility index (Phi) is 2.86. The molecule has 8 heteroatoms. The molecule has 0 saturated heterocycles. The van der Waals surface area contributed by atoms with E-state index in [0.717, 1.165) is 12.1 Å². The molecule has 0 unspecified atom stereocenters. The number of hydrogen-bond donors (Lipinski definition) is 0. The van der Waals surface area contributed by atoms with Crippen molar-refractivity contribution in [2.75, 3.05) is 0 Å². The van der Waals surface area contributed by atoms with Gasteiger partial charge in [-0.15, -0.1) is 0 Å². The van der Waals surface area contributed by atoms with Crippen molar-refractivity contribution in [3.63, 3.8) is 0 Å². The van der Waals surface area contributed by atoms with Crippen LogP contribution < -0.4 is 0 Å². The fourth-order valence-electron chi connectivity index (χ4n) is 0.840. The Morgan fingerprint density at radius 1 is 1.00 bits per heavy atom. The van der Waals surface area contributed by atoms with Crippen LogP contribution in [0.25, 0.3) is 0 Å². The minimum absolute atomic E-state index is 0.371. The maximum atomic E-state index is 12.9. The van der Waals surface area contributed by atoms with Gasteiger partial charge in [0.25, 0.3) is 0 Å². The molecule has 0 aliphatic heterocycles. The van der Waals surface area contributed by atoms with Crippen LogP contribution >= 0.6 is 0 Å². The molecule has 0 atom stereocenters. The summed E-state index contributed by atoms with van der Waals surface area (Å²) in [5.74, 6) is -11.6. The average Bonchev–Trinajstić information content (AvgIpc) is 2.17. The van der Waals surface area contributed by atoms with Crippen LogP contribution in [0.5, 0.6) is 0 Å². The van der Waals surface area contributed by atoms with Crippen LogP contribution in [0.15, 0.2) is 18.2 Å². The fraction of sp³-hybridized carbons (Fsp3) is 0.375. The second-order valence-electron chi connectivity index (χ2n) is 2.80. The summed E-state index contributed by atoms with van der Waals surface area (Å²) in [6.45, 7) is 0. The van der Waals surface area contributed by atoms with Crippen molar-refractivity contribution in [1.82, 2.24) is 4.98 Å². The van der Waals surface area contributed by atoms with Crippen LogP contribution in [0.4, 0.5) is 30.7 Å².